The number of nitrogens with zero attached hydrogens (tertiary/aromatic N) is 1. The van der Waals surface area contributed by atoms with Crippen LogP contribution < -0.4 is 0 Å². The van der Waals surface area contributed by atoms with Gasteiger partial charge in [0.2, 0.25) is 0 Å². The third kappa shape index (κ3) is 3.42. The minimum Gasteiger partial charge on any atom is -0.481 e. The Labute approximate surface area is 102 Å². The Balaban J connectivity index is 1.91. The van der Waals surface area contributed by atoms with Crippen LogP contribution in [0.2, 0.25) is 0 Å². The SMILES string of the molecule is O=C(O)CC1CCCN(C2CCS(=O)(=O)C2)C1. The van der Waals surface area contributed by atoms with Gasteiger partial charge in [-0.1, -0.05) is 0 Å². The summed E-state index contributed by atoms with van der Waals surface area (Å²) in [5.41, 5.74) is 0. The van der Waals surface area contributed by atoms with E-state index in [9.17, 15) is 13.2 Å². The first kappa shape index (κ1) is 12.8. The zero-order chi connectivity index (χ0) is 12.5. The predicted octanol–water partition coefficient (Wildman–Crippen LogP) is 0.360. The number of carboxylic acids is 1. The van der Waals surface area contributed by atoms with Crippen LogP contribution in [-0.4, -0.2) is 55.0 Å². The maximum atomic E-state index is 11.4. The smallest absolute Gasteiger partial charge is 0.303 e. The van der Waals surface area contributed by atoms with E-state index in [2.05, 4.69) is 4.90 Å². The van der Waals surface area contributed by atoms with Crippen molar-refractivity contribution >= 4 is 15.8 Å². The fraction of sp³-hybridized carbons (Fsp3) is 0.909. The Morgan fingerprint density at radius 3 is 2.71 bits per heavy atom. The minimum absolute atomic E-state index is 0.122. The third-order valence-corrected chi connectivity index (χ3v) is 5.49. The van der Waals surface area contributed by atoms with Gasteiger partial charge < -0.3 is 5.11 Å². The lowest BCUT2D eigenvalue weighted by molar-refractivity contribution is -0.138. The van der Waals surface area contributed by atoms with Crippen molar-refractivity contribution < 1.29 is 18.3 Å². The van der Waals surface area contributed by atoms with Crippen LogP contribution in [0.1, 0.15) is 25.7 Å². The van der Waals surface area contributed by atoms with Crippen molar-refractivity contribution in [2.75, 3.05) is 24.6 Å². The number of carboxylic acid groups (broad SMARTS) is 1. The minimum atomic E-state index is -2.84. The van der Waals surface area contributed by atoms with E-state index < -0.39 is 15.8 Å². The van der Waals surface area contributed by atoms with Crippen molar-refractivity contribution in [3.8, 4) is 0 Å². The summed E-state index contributed by atoms with van der Waals surface area (Å²) < 4.78 is 22.8. The van der Waals surface area contributed by atoms with Gasteiger partial charge in [0.1, 0.15) is 0 Å². The summed E-state index contributed by atoms with van der Waals surface area (Å²) in [6, 6.07) is 0.122. The number of carbonyl (C=O) groups is 1. The van der Waals surface area contributed by atoms with Crippen molar-refractivity contribution in [2.24, 2.45) is 5.92 Å². The number of likely N-dealkylation sites (tertiary alicyclic amines) is 1. The monoisotopic (exact) mass is 261 g/mol. The summed E-state index contributed by atoms with van der Waals surface area (Å²) >= 11 is 0. The molecule has 0 aliphatic carbocycles. The van der Waals surface area contributed by atoms with Gasteiger partial charge in [-0.15, -0.1) is 0 Å². The van der Waals surface area contributed by atoms with Gasteiger partial charge in [-0.2, -0.15) is 0 Å². The Morgan fingerprint density at radius 1 is 1.35 bits per heavy atom. The van der Waals surface area contributed by atoms with Gasteiger partial charge in [0, 0.05) is 19.0 Å². The van der Waals surface area contributed by atoms with Crippen LogP contribution in [-0.2, 0) is 14.6 Å². The number of hydrogen-bond donors (Lipinski definition) is 1. The number of sulfone groups is 1. The normalized spacial score (nSPS) is 33.6. The summed E-state index contributed by atoms with van der Waals surface area (Å²) in [6.07, 6.45) is 2.84. The van der Waals surface area contributed by atoms with Gasteiger partial charge >= 0.3 is 5.97 Å². The molecule has 1 N–H and O–H groups in total. The molecule has 2 saturated heterocycles. The lowest BCUT2D eigenvalue weighted by Gasteiger charge is -2.35. The molecule has 2 aliphatic rings. The van der Waals surface area contributed by atoms with Gasteiger partial charge in [-0.05, 0) is 31.7 Å². The highest BCUT2D eigenvalue weighted by Crippen LogP contribution is 2.25. The van der Waals surface area contributed by atoms with E-state index in [4.69, 9.17) is 5.11 Å². The van der Waals surface area contributed by atoms with Crippen LogP contribution in [0.15, 0.2) is 0 Å². The highest BCUT2D eigenvalue weighted by Gasteiger charge is 2.34. The molecular formula is C11H19NO4S. The average molecular weight is 261 g/mol. The van der Waals surface area contributed by atoms with Crippen molar-refractivity contribution in [3.63, 3.8) is 0 Å². The molecule has 5 nitrogen and oxygen atoms in total. The summed E-state index contributed by atoms with van der Waals surface area (Å²) in [6.45, 7) is 1.66. The molecule has 2 fully saturated rings. The Morgan fingerprint density at radius 2 is 2.12 bits per heavy atom. The van der Waals surface area contributed by atoms with E-state index in [1.165, 1.54) is 0 Å². The molecule has 0 aromatic heterocycles. The molecule has 0 radical (unpaired) electrons. The molecule has 0 amide bonds. The number of rotatable bonds is 3. The summed E-state index contributed by atoms with van der Waals surface area (Å²) in [7, 11) is -2.84. The molecule has 17 heavy (non-hydrogen) atoms. The largest absolute Gasteiger partial charge is 0.481 e. The molecule has 0 aromatic carbocycles. The molecule has 0 bridgehead atoms. The topological polar surface area (TPSA) is 74.7 Å². The fourth-order valence-corrected chi connectivity index (χ4v) is 4.67. The highest BCUT2D eigenvalue weighted by molar-refractivity contribution is 7.91. The number of hydrogen-bond acceptors (Lipinski definition) is 4. The van der Waals surface area contributed by atoms with Crippen LogP contribution in [0.3, 0.4) is 0 Å². The molecular weight excluding hydrogens is 242 g/mol. The van der Waals surface area contributed by atoms with Crippen LogP contribution in [0, 0.1) is 5.92 Å². The molecule has 98 valence electrons. The van der Waals surface area contributed by atoms with Crippen LogP contribution in [0.5, 0.6) is 0 Å². The van der Waals surface area contributed by atoms with Gasteiger partial charge in [0.15, 0.2) is 9.84 Å². The molecule has 2 heterocycles. The van der Waals surface area contributed by atoms with Crippen molar-refractivity contribution in [3.05, 3.63) is 0 Å². The maximum absolute atomic E-state index is 11.4. The average Bonchev–Trinajstić information content (AvgIpc) is 2.58. The van der Waals surface area contributed by atoms with Crippen molar-refractivity contribution in [2.45, 2.75) is 31.7 Å². The molecule has 0 aromatic rings. The zero-order valence-corrected chi connectivity index (χ0v) is 10.7. The molecule has 2 atom stereocenters. The molecule has 2 aliphatic heterocycles. The predicted molar refractivity (Wildman–Crippen MR) is 63.6 cm³/mol. The number of aliphatic carboxylic acids is 1. The van der Waals surface area contributed by atoms with Gasteiger partial charge in [-0.3, -0.25) is 9.69 Å². The van der Waals surface area contributed by atoms with E-state index in [-0.39, 0.29) is 29.9 Å². The van der Waals surface area contributed by atoms with Crippen LogP contribution >= 0.6 is 0 Å². The summed E-state index contributed by atoms with van der Waals surface area (Å²) in [5, 5.41) is 8.79. The van der Waals surface area contributed by atoms with E-state index in [1.807, 2.05) is 0 Å². The maximum Gasteiger partial charge on any atom is 0.303 e. The van der Waals surface area contributed by atoms with E-state index in [0.717, 1.165) is 25.9 Å². The first-order chi connectivity index (χ1) is 7.96. The molecule has 2 rings (SSSR count). The van der Waals surface area contributed by atoms with Crippen molar-refractivity contribution in [1.82, 2.24) is 4.90 Å². The van der Waals surface area contributed by atoms with Gasteiger partial charge in [0.25, 0.3) is 0 Å². The molecule has 2 unspecified atom stereocenters. The second-order valence-electron chi connectivity index (χ2n) is 5.16. The standard InChI is InChI=1S/C11H19NO4S/c13-11(14)6-9-2-1-4-12(7-9)10-3-5-17(15,16)8-10/h9-10H,1-8H2,(H,13,14). The van der Waals surface area contributed by atoms with E-state index in [0.29, 0.717) is 6.42 Å². The van der Waals surface area contributed by atoms with Crippen molar-refractivity contribution in [1.29, 1.82) is 0 Å². The third-order valence-electron chi connectivity index (χ3n) is 3.74. The fourth-order valence-electron chi connectivity index (χ4n) is 2.91. The lowest BCUT2D eigenvalue weighted by atomic mass is 9.93. The second kappa shape index (κ2) is 4.94. The quantitative estimate of drug-likeness (QED) is 0.794. The van der Waals surface area contributed by atoms with E-state index >= 15 is 0 Å². The number of piperidine rings is 1. The van der Waals surface area contributed by atoms with Crippen LogP contribution in [0.4, 0.5) is 0 Å². The van der Waals surface area contributed by atoms with Gasteiger partial charge in [-0.25, -0.2) is 8.42 Å². The summed E-state index contributed by atoms with van der Waals surface area (Å²) in [5.74, 6) is -0.0228. The lowest BCUT2D eigenvalue weighted by Crippen LogP contribution is -2.43. The molecule has 6 heteroatoms. The Bertz CT molecular complexity index is 392. The van der Waals surface area contributed by atoms with Crippen LogP contribution in [0.25, 0.3) is 0 Å². The van der Waals surface area contributed by atoms with Gasteiger partial charge in [0.05, 0.1) is 11.5 Å². The highest BCUT2D eigenvalue weighted by atomic mass is 32.2. The molecule has 0 saturated carbocycles. The first-order valence-corrected chi connectivity index (χ1v) is 7.95. The Kier molecular flexibility index (Phi) is 3.73. The zero-order valence-electron chi connectivity index (χ0n) is 9.84. The summed E-state index contributed by atoms with van der Waals surface area (Å²) in [4.78, 5) is 12.9. The first-order valence-electron chi connectivity index (χ1n) is 6.12. The molecule has 0 spiro atoms. The van der Waals surface area contributed by atoms with E-state index in [1.54, 1.807) is 0 Å². The second-order valence-corrected chi connectivity index (χ2v) is 7.39. The Hall–Kier alpha value is -0.620.